The molecular weight excluding hydrogens is 709 g/mol. The van der Waals surface area contributed by atoms with Crippen LogP contribution in [0.15, 0.2) is 35.4 Å². The summed E-state index contributed by atoms with van der Waals surface area (Å²) in [5, 5.41) is 7.26. The van der Waals surface area contributed by atoms with Gasteiger partial charge in [0.2, 0.25) is 5.91 Å². The number of fused-ring (bicyclic) bond motifs is 1. The van der Waals surface area contributed by atoms with Crippen molar-refractivity contribution in [2.24, 2.45) is 34.7 Å². The van der Waals surface area contributed by atoms with Crippen LogP contribution in [0.5, 0.6) is 0 Å². The first-order valence-corrected chi connectivity index (χ1v) is 22.8. The van der Waals surface area contributed by atoms with Crippen molar-refractivity contribution >= 4 is 20.2 Å². The van der Waals surface area contributed by atoms with Crippen LogP contribution in [0.3, 0.4) is 0 Å². The van der Waals surface area contributed by atoms with Crippen LogP contribution in [0.4, 0.5) is 0 Å². The molecule has 0 aromatic heterocycles. The Hall–Kier alpha value is -2.55. The Morgan fingerprint density at radius 1 is 1.02 bits per heavy atom. The van der Waals surface area contributed by atoms with Crippen LogP contribution in [0, 0.1) is 29.6 Å². The minimum absolute atomic E-state index is 0.0110. The van der Waals surface area contributed by atoms with Crippen molar-refractivity contribution in [3.05, 3.63) is 46.3 Å². The number of carbonyl (C=O) groups is 2. The first-order valence-electron chi connectivity index (χ1n) is 19.8. The Bertz CT molecular complexity index is 1420. The third kappa shape index (κ3) is 10.6. The molecule has 4 rings (SSSR count). The second-order valence-electron chi connectivity index (χ2n) is 17.3. The maximum Gasteiger partial charge on any atom is 0.305 e. The number of benzene rings is 1. The molecule has 3 heterocycles. The Morgan fingerprint density at radius 3 is 2.31 bits per heavy atom. The Kier molecular flexibility index (Phi) is 15.6. The van der Waals surface area contributed by atoms with Gasteiger partial charge in [0.05, 0.1) is 43.9 Å². The Labute approximate surface area is 323 Å². The number of hydrogen-bond donors (Lipinski definition) is 1. The molecule has 0 aliphatic carbocycles. The number of carbonyl (C=O) groups excluding carboxylic acids is 2. The summed E-state index contributed by atoms with van der Waals surface area (Å²) in [6, 6.07) is 8.62. The maximum absolute atomic E-state index is 13.8. The second-order valence-corrected chi connectivity index (χ2v) is 21.8. The summed E-state index contributed by atoms with van der Waals surface area (Å²) in [5.74, 6) is -0.378. The molecule has 304 valence electrons. The van der Waals surface area contributed by atoms with E-state index in [1.807, 2.05) is 51.1 Å². The van der Waals surface area contributed by atoms with Crippen LogP contribution in [0.1, 0.15) is 100 Å². The molecular formula is C40H66N4O9Si. The van der Waals surface area contributed by atoms with Gasteiger partial charge in [-0.1, -0.05) is 105 Å². The topological polar surface area (TPSA) is 160 Å². The zero-order chi connectivity index (χ0) is 40.0. The monoisotopic (exact) mass is 774 g/mol. The average molecular weight is 775 g/mol. The third-order valence-electron chi connectivity index (χ3n) is 12.4. The van der Waals surface area contributed by atoms with E-state index in [1.165, 1.54) is 0 Å². The number of hydrogen-bond acceptors (Lipinski definition) is 10. The smallest absolute Gasteiger partial charge is 0.305 e. The fraction of sp³-hybridized carbons (Fsp3) is 0.800. The van der Waals surface area contributed by atoms with Gasteiger partial charge in [-0.3, -0.25) is 9.59 Å². The van der Waals surface area contributed by atoms with Crippen LogP contribution in [-0.2, 0) is 42.4 Å². The van der Waals surface area contributed by atoms with E-state index in [2.05, 4.69) is 70.0 Å². The van der Waals surface area contributed by atoms with Gasteiger partial charge in [0, 0.05) is 22.8 Å². The number of rotatable bonds is 16. The van der Waals surface area contributed by atoms with Gasteiger partial charge in [-0.2, -0.15) is 0 Å². The summed E-state index contributed by atoms with van der Waals surface area (Å²) in [7, 11) is -2.39. The minimum Gasteiger partial charge on any atom is -0.462 e. The molecule has 5 unspecified atom stereocenters. The SMILES string of the molecule is CCC(=O)O[C@@H](CC(=O)NC1[C@H](OCC2O[C@@H](O[Si](C)(C)C(C)(C)C(C)C)C(N=[N+]=[N-])[C@@H](C)[C@@H]2C)OC2COC(c3ccccc3)O[C@H]2[C@@H]1C)CC(C)C. The van der Waals surface area contributed by atoms with Crippen molar-refractivity contribution in [1.82, 2.24) is 5.32 Å². The summed E-state index contributed by atoms with van der Waals surface area (Å²) in [6.45, 7) is 25.6. The van der Waals surface area contributed by atoms with E-state index >= 15 is 0 Å². The number of nitrogens with one attached hydrogen (secondary N) is 1. The number of amides is 1. The van der Waals surface area contributed by atoms with Crippen molar-refractivity contribution in [3.8, 4) is 0 Å². The fourth-order valence-electron chi connectivity index (χ4n) is 7.49. The van der Waals surface area contributed by atoms with Gasteiger partial charge in [0.1, 0.15) is 12.2 Å². The number of ether oxygens (including phenoxy) is 6. The van der Waals surface area contributed by atoms with Crippen LogP contribution < -0.4 is 5.32 Å². The first kappa shape index (κ1) is 44.2. The van der Waals surface area contributed by atoms with E-state index < -0.39 is 63.7 Å². The van der Waals surface area contributed by atoms with E-state index in [0.29, 0.717) is 12.3 Å². The van der Waals surface area contributed by atoms with Crippen LogP contribution in [0.2, 0.25) is 18.1 Å². The van der Waals surface area contributed by atoms with Crippen molar-refractivity contribution in [1.29, 1.82) is 0 Å². The van der Waals surface area contributed by atoms with Crippen molar-refractivity contribution in [2.75, 3.05) is 13.2 Å². The molecule has 0 spiro atoms. The summed E-state index contributed by atoms with van der Waals surface area (Å²) >= 11 is 0. The average Bonchev–Trinajstić information content (AvgIpc) is 3.11. The minimum atomic E-state index is -2.39. The predicted molar refractivity (Wildman–Crippen MR) is 207 cm³/mol. The molecule has 3 saturated heterocycles. The molecule has 1 aromatic rings. The normalized spacial score (nSPS) is 32.4. The summed E-state index contributed by atoms with van der Waals surface area (Å²) < 4.78 is 45.0. The van der Waals surface area contributed by atoms with Gasteiger partial charge in [0.15, 0.2) is 27.2 Å². The van der Waals surface area contributed by atoms with E-state index in [9.17, 15) is 15.1 Å². The molecule has 1 N–H and O–H groups in total. The predicted octanol–water partition coefficient (Wildman–Crippen LogP) is 8.05. The summed E-state index contributed by atoms with van der Waals surface area (Å²) in [4.78, 5) is 29.2. The lowest BCUT2D eigenvalue weighted by atomic mass is 9.82. The first-order chi connectivity index (χ1) is 25.4. The molecule has 3 aliphatic heterocycles. The summed E-state index contributed by atoms with van der Waals surface area (Å²) in [5.41, 5.74) is 10.4. The highest BCUT2D eigenvalue weighted by molar-refractivity contribution is 6.74. The Balaban J connectivity index is 1.56. The number of azide groups is 1. The number of esters is 1. The van der Waals surface area contributed by atoms with Gasteiger partial charge in [-0.05, 0) is 53.8 Å². The van der Waals surface area contributed by atoms with Gasteiger partial charge >= 0.3 is 5.97 Å². The standard InChI is InChI=1S/C40H66N4O9Si/c1-13-33(46)49-29(19-23(2)3)20-32(45)42-34-27(8)36-31(22-47-37(52-36)28-17-15-14-16-18-28)51-38(34)48-21-30-25(6)26(7)35(43-44-41)39(50-30)53-54(11,12)40(9,10)24(4)5/h14-18,23-27,29-31,34-39H,13,19-22H2,1-12H3,(H,42,45)/t25-,26-,27+,29+,30?,31?,34?,35?,36-,37?,38+,39-/m0/s1. The van der Waals surface area contributed by atoms with E-state index in [-0.39, 0.29) is 66.6 Å². The lowest BCUT2D eigenvalue weighted by molar-refractivity contribution is -0.339. The van der Waals surface area contributed by atoms with Gasteiger partial charge in [-0.15, -0.1) is 0 Å². The fourth-order valence-corrected chi connectivity index (χ4v) is 9.96. The van der Waals surface area contributed by atoms with Gasteiger partial charge in [-0.25, -0.2) is 0 Å². The lowest BCUT2D eigenvalue weighted by Gasteiger charge is -2.50. The summed E-state index contributed by atoms with van der Waals surface area (Å²) in [6.07, 6.45) is -3.21. The van der Waals surface area contributed by atoms with E-state index in [1.54, 1.807) is 6.92 Å². The van der Waals surface area contributed by atoms with Gasteiger partial charge in [0.25, 0.3) is 0 Å². The lowest BCUT2D eigenvalue weighted by Crippen LogP contribution is -2.64. The molecule has 0 bridgehead atoms. The van der Waals surface area contributed by atoms with E-state index in [4.69, 9.17) is 32.8 Å². The van der Waals surface area contributed by atoms with Crippen LogP contribution >= 0.6 is 0 Å². The molecule has 3 fully saturated rings. The van der Waals surface area contributed by atoms with Gasteiger partial charge < -0.3 is 38.2 Å². The van der Waals surface area contributed by atoms with Crippen LogP contribution in [0.25, 0.3) is 10.4 Å². The molecule has 3 aliphatic rings. The zero-order valence-corrected chi connectivity index (χ0v) is 35.5. The molecule has 1 aromatic carbocycles. The largest absolute Gasteiger partial charge is 0.462 e. The van der Waals surface area contributed by atoms with Crippen molar-refractivity contribution in [3.63, 3.8) is 0 Å². The second kappa shape index (κ2) is 19.1. The van der Waals surface area contributed by atoms with E-state index in [0.717, 1.165) is 5.56 Å². The van der Waals surface area contributed by atoms with Crippen LogP contribution in [-0.4, -0.2) is 82.5 Å². The highest BCUT2D eigenvalue weighted by atomic mass is 28.4. The molecule has 12 atom stereocenters. The third-order valence-corrected chi connectivity index (χ3v) is 16.9. The molecule has 1 amide bonds. The molecule has 13 nitrogen and oxygen atoms in total. The zero-order valence-electron chi connectivity index (χ0n) is 34.5. The Morgan fingerprint density at radius 2 is 1.70 bits per heavy atom. The molecule has 0 radical (unpaired) electrons. The highest BCUT2D eigenvalue weighted by Gasteiger charge is 2.52. The molecule has 54 heavy (non-hydrogen) atoms. The maximum atomic E-state index is 13.8. The highest BCUT2D eigenvalue weighted by Crippen LogP contribution is 2.47. The molecule has 0 saturated carbocycles. The molecule has 14 heteroatoms. The quantitative estimate of drug-likeness (QED) is 0.0576. The van der Waals surface area contributed by atoms with Crippen molar-refractivity contribution in [2.45, 2.75) is 162 Å². The number of nitrogens with zero attached hydrogens (tertiary/aromatic N) is 3. The van der Waals surface area contributed by atoms with Crippen molar-refractivity contribution < 1.29 is 42.4 Å².